The van der Waals surface area contributed by atoms with E-state index in [1.165, 1.54) is 23.9 Å². The predicted octanol–water partition coefficient (Wildman–Crippen LogP) is 3.93. The van der Waals surface area contributed by atoms with Crippen molar-refractivity contribution in [1.29, 1.82) is 0 Å². The first kappa shape index (κ1) is 16.8. The Bertz CT molecular complexity index is 715. The van der Waals surface area contributed by atoms with Crippen LogP contribution in [0.1, 0.15) is 17.3 Å². The number of carbonyl (C=O) groups excluding carboxylic acids is 1. The van der Waals surface area contributed by atoms with Crippen LogP contribution in [-0.4, -0.2) is 24.6 Å². The van der Waals surface area contributed by atoms with E-state index >= 15 is 0 Å². The second-order valence-electron chi connectivity index (χ2n) is 4.43. The van der Waals surface area contributed by atoms with Gasteiger partial charge in [-0.2, -0.15) is 0 Å². The zero-order valence-corrected chi connectivity index (χ0v) is 13.5. The number of ether oxygens (including phenoxy) is 2. The fraction of sp³-hybridized carbons (Fsp3) is 0.188. The summed E-state index contributed by atoms with van der Waals surface area (Å²) in [6, 6.07) is 11.8. The molecule has 0 heterocycles. The Hall–Kier alpha value is -2.54. The van der Waals surface area contributed by atoms with Crippen LogP contribution < -0.4 is 4.74 Å². The van der Waals surface area contributed by atoms with E-state index in [9.17, 15) is 14.9 Å². The summed E-state index contributed by atoms with van der Waals surface area (Å²) in [5.41, 5.74) is -0.308. The quantitative estimate of drug-likeness (QED) is 0.453. The molecule has 0 aliphatic carbocycles. The summed E-state index contributed by atoms with van der Waals surface area (Å²) < 4.78 is 9.98. The SMILES string of the molecule is CCOC(=O)c1cc(Sc2ccc(OC)cc2)ccc1[N+](=O)[O-]. The molecule has 0 atom stereocenters. The van der Waals surface area contributed by atoms with E-state index in [1.54, 1.807) is 20.1 Å². The number of hydrogen-bond acceptors (Lipinski definition) is 6. The monoisotopic (exact) mass is 333 g/mol. The van der Waals surface area contributed by atoms with E-state index in [1.807, 2.05) is 24.3 Å². The van der Waals surface area contributed by atoms with Crippen LogP contribution in [0.5, 0.6) is 5.75 Å². The van der Waals surface area contributed by atoms with Crippen molar-refractivity contribution in [3.63, 3.8) is 0 Å². The summed E-state index contributed by atoms with van der Waals surface area (Å²) in [6.45, 7) is 1.81. The largest absolute Gasteiger partial charge is 0.497 e. The molecule has 0 saturated heterocycles. The number of rotatable bonds is 6. The molecule has 0 unspecified atom stereocenters. The molecule has 0 N–H and O–H groups in total. The Kier molecular flexibility index (Phi) is 5.59. The number of esters is 1. The second-order valence-corrected chi connectivity index (χ2v) is 5.58. The van der Waals surface area contributed by atoms with Crippen molar-refractivity contribution in [2.45, 2.75) is 16.7 Å². The minimum atomic E-state index is -0.698. The first-order valence-electron chi connectivity index (χ1n) is 6.82. The molecule has 120 valence electrons. The van der Waals surface area contributed by atoms with Gasteiger partial charge in [-0.3, -0.25) is 10.1 Å². The highest BCUT2D eigenvalue weighted by molar-refractivity contribution is 7.99. The van der Waals surface area contributed by atoms with Gasteiger partial charge in [0.15, 0.2) is 0 Å². The third-order valence-corrected chi connectivity index (χ3v) is 3.95. The lowest BCUT2D eigenvalue weighted by Gasteiger charge is -2.07. The minimum absolute atomic E-state index is 0.0460. The maximum absolute atomic E-state index is 11.9. The third-order valence-electron chi connectivity index (χ3n) is 2.96. The van der Waals surface area contributed by atoms with E-state index in [0.29, 0.717) is 4.90 Å². The molecule has 0 radical (unpaired) electrons. The standard InChI is InChI=1S/C16H15NO5S/c1-3-22-16(18)14-10-13(8-9-15(14)17(19)20)23-12-6-4-11(21-2)5-7-12/h4-10H,3H2,1-2H3. The maximum Gasteiger partial charge on any atom is 0.345 e. The van der Waals surface area contributed by atoms with Crippen molar-refractivity contribution >= 4 is 23.4 Å². The average molecular weight is 333 g/mol. The fourth-order valence-electron chi connectivity index (χ4n) is 1.89. The van der Waals surface area contributed by atoms with Crippen molar-refractivity contribution in [2.24, 2.45) is 0 Å². The van der Waals surface area contributed by atoms with Crippen LogP contribution >= 0.6 is 11.8 Å². The van der Waals surface area contributed by atoms with Gasteiger partial charge < -0.3 is 9.47 Å². The molecule has 0 bridgehead atoms. The molecule has 0 spiro atoms. The first-order valence-corrected chi connectivity index (χ1v) is 7.64. The maximum atomic E-state index is 11.9. The summed E-state index contributed by atoms with van der Waals surface area (Å²) in [6.07, 6.45) is 0. The van der Waals surface area contributed by atoms with Gasteiger partial charge in [-0.05, 0) is 43.3 Å². The van der Waals surface area contributed by atoms with Gasteiger partial charge in [0.05, 0.1) is 18.6 Å². The lowest BCUT2D eigenvalue weighted by molar-refractivity contribution is -0.385. The Labute approximate surface area is 137 Å². The molecule has 0 aliphatic rings. The molecule has 7 heteroatoms. The predicted molar refractivity (Wildman–Crippen MR) is 86.2 cm³/mol. The molecule has 23 heavy (non-hydrogen) atoms. The Morgan fingerprint density at radius 1 is 1.17 bits per heavy atom. The topological polar surface area (TPSA) is 78.7 Å². The van der Waals surface area contributed by atoms with Crippen LogP contribution in [0.2, 0.25) is 0 Å². The molecule has 6 nitrogen and oxygen atoms in total. The summed E-state index contributed by atoms with van der Waals surface area (Å²) in [5.74, 6) is 0.0432. The molecule has 2 aromatic rings. The number of nitro groups is 1. The van der Waals surface area contributed by atoms with Gasteiger partial charge in [-0.25, -0.2) is 4.79 Å². The highest BCUT2D eigenvalue weighted by Crippen LogP contribution is 2.32. The lowest BCUT2D eigenvalue weighted by atomic mass is 10.2. The van der Waals surface area contributed by atoms with Crippen molar-refractivity contribution in [3.8, 4) is 5.75 Å². The van der Waals surface area contributed by atoms with Crippen LogP contribution in [0.3, 0.4) is 0 Å². The number of benzene rings is 2. The number of nitrogens with zero attached hydrogens (tertiary/aromatic N) is 1. The van der Waals surface area contributed by atoms with E-state index in [4.69, 9.17) is 9.47 Å². The molecule has 0 aromatic heterocycles. The Morgan fingerprint density at radius 3 is 2.39 bits per heavy atom. The van der Waals surface area contributed by atoms with Crippen LogP contribution in [0.4, 0.5) is 5.69 Å². The second kappa shape index (κ2) is 7.64. The summed E-state index contributed by atoms with van der Waals surface area (Å²) in [4.78, 5) is 24.0. The number of carbonyl (C=O) groups is 1. The Balaban J connectivity index is 2.30. The van der Waals surface area contributed by atoms with Gasteiger partial charge in [-0.15, -0.1) is 0 Å². The fourth-order valence-corrected chi connectivity index (χ4v) is 2.75. The molecular formula is C16H15NO5S. The number of hydrogen-bond donors (Lipinski definition) is 0. The molecule has 0 saturated carbocycles. The van der Waals surface area contributed by atoms with Gasteiger partial charge in [0.2, 0.25) is 0 Å². The highest BCUT2D eigenvalue weighted by atomic mass is 32.2. The smallest absolute Gasteiger partial charge is 0.345 e. The summed E-state index contributed by atoms with van der Waals surface area (Å²) >= 11 is 1.39. The molecular weight excluding hydrogens is 318 g/mol. The van der Waals surface area contributed by atoms with Gasteiger partial charge in [0, 0.05) is 15.9 Å². The van der Waals surface area contributed by atoms with Crippen LogP contribution in [-0.2, 0) is 4.74 Å². The van der Waals surface area contributed by atoms with Crippen LogP contribution in [0, 0.1) is 10.1 Å². The minimum Gasteiger partial charge on any atom is -0.497 e. The van der Waals surface area contributed by atoms with Crippen molar-refractivity contribution in [2.75, 3.05) is 13.7 Å². The zero-order chi connectivity index (χ0) is 16.8. The summed E-state index contributed by atoms with van der Waals surface area (Å²) in [5, 5.41) is 11.0. The van der Waals surface area contributed by atoms with Gasteiger partial charge in [0.25, 0.3) is 5.69 Å². The van der Waals surface area contributed by atoms with Crippen LogP contribution in [0.15, 0.2) is 52.3 Å². The third kappa shape index (κ3) is 4.23. The number of nitro benzene ring substituents is 1. The Morgan fingerprint density at radius 2 is 1.83 bits per heavy atom. The highest BCUT2D eigenvalue weighted by Gasteiger charge is 2.21. The van der Waals surface area contributed by atoms with Crippen molar-refractivity contribution in [1.82, 2.24) is 0 Å². The van der Waals surface area contributed by atoms with Crippen LogP contribution in [0.25, 0.3) is 0 Å². The molecule has 0 amide bonds. The number of methoxy groups -OCH3 is 1. The van der Waals surface area contributed by atoms with Crippen molar-refractivity contribution in [3.05, 3.63) is 58.1 Å². The molecule has 2 aromatic carbocycles. The molecule has 2 rings (SSSR count). The summed E-state index contributed by atoms with van der Waals surface area (Å²) in [7, 11) is 1.59. The van der Waals surface area contributed by atoms with E-state index in [-0.39, 0.29) is 17.9 Å². The normalized spacial score (nSPS) is 10.2. The lowest BCUT2D eigenvalue weighted by Crippen LogP contribution is -2.08. The van der Waals surface area contributed by atoms with E-state index in [0.717, 1.165) is 10.6 Å². The van der Waals surface area contributed by atoms with Gasteiger partial charge >= 0.3 is 5.97 Å². The zero-order valence-electron chi connectivity index (χ0n) is 12.6. The first-order chi connectivity index (χ1) is 11.0. The van der Waals surface area contributed by atoms with Gasteiger partial charge in [0.1, 0.15) is 11.3 Å². The van der Waals surface area contributed by atoms with E-state index < -0.39 is 10.9 Å². The molecule has 0 aliphatic heterocycles. The van der Waals surface area contributed by atoms with E-state index in [2.05, 4.69) is 0 Å². The molecule has 0 fully saturated rings. The van der Waals surface area contributed by atoms with Gasteiger partial charge in [-0.1, -0.05) is 11.8 Å². The average Bonchev–Trinajstić information content (AvgIpc) is 2.55. The van der Waals surface area contributed by atoms with Crippen molar-refractivity contribution < 1.29 is 19.2 Å².